The minimum absolute atomic E-state index is 0.207. The molecule has 0 aliphatic rings. The number of thiocarbonyl (C=S) groups is 1. The fourth-order valence-corrected chi connectivity index (χ4v) is 2.07. The molecule has 2 aromatic rings. The minimum Gasteiger partial charge on any atom is -0.389 e. The Kier molecular flexibility index (Phi) is 4.33. The molecule has 3 nitrogen and oxygen atoms in total. The number of nitrogens with two attached hydrogens (primary N) is 1. The van der Waals surface area contributed by atoms with Crippen molar-refractivity contribution < 1.29 is 9.18 Å². The number of hydrogen-bond donors (Lipinski definition) is 1. The molecule has 0 atom stereocenters. The number of halogens is 1. The predicted molar refractivity (Wildman–Crippen MR) is 86.2 cm³/mol. The van der Waals surface area contributed by atoms with Crippen LogP contribution in [-0.4, -0.2) is 17.9 Å². The number of anilines is 1. The second-order valence-corrected chi connectivity index (χ2v) is 5.18. The van der Waals surface area contributed by atoms with E-state index in [2.05, 4.69) is 0 Å². The minimum atomic E-state index is -0.324. The third-order valence-corrected chi connectivity index (χ3v) is 3.48. The van der Waals surface area contributed by atoms with Crippen LogP contribution >= 0.6 is 12.2 Å². The first-order chi connectivity index (χ1) is 9.90. The van der Waals surface area contributed by atoms with Gasteiger partial charge in [-0.3, -0.25) is 4.79 Å². The quantitative estimate of drug-likeness (QED) is 0.886. The van der Waals surface area contributed by atoms with E-state index in [1.807, 2.05) is 0 Å². The van der Waals surface area contributed by atoms with Gasteiger partial charge in [0.25, 0.3) is 5.91 Å². The van der Waals surface area contributed by atoms with Gasteiger partial charge in [0.1, 0.15) is 10.8 Å². The van der Waals surface area contributed by atoms with Gasteiger partial charge in [0.05, 0.1) is 0 Å². The number of rotatable bonds is 3. The van der Waals surface area contributed by atoms with Crippen LogP contribution in [0.2, 0.25) is 0 Å². The van der Waals surface area contributed by atoms with E-state index in [-0.39, 0.29) is 11.7 Å². The number of carbonyl (C=O) groups is 1. The Bertz CT molecular complexity index is 698. The lowest BCUT2D eigenvalue weighted by Gasteiger charge is -2.18. The van der Waals surface area contributed by atoms with E-state index in [1.165, 1.54) is 23.1 Å². The highest BCUT2D eigenvalue weighted by Gasteiger charge is 2.14. The standard InChI is InChI=1S/C16H15FN2OS/c1-10-9-12(5-8-14(10)17)16(20)19(2)13-6-3-11(4-7-13)15(18)21/h3-9H,1-2H3,(H2,18,21). The summed E-state index contributed by atoms with van der Waals surface area (Å²) in [6, 6.07) is 11.4. The molecule has 2 N–H and O–H groups in total. The molecule has 0 bridgehead atoms. The summed E-state index contributed by atoms with van der Waals surface area (Å²) in [7, 11) is 1.66. The van der Waals surface area contributed by atoms with Crippen molar-refractivity contribution in [2.45, 2.75) is 6.92 Å². The molecule has 2 aromatic carbocycles. The van der Waals surface area contributed by atoms with E-state index in [9.17, 15) is 9.18 Å². The zero-order valence-electron chi connectivity index (χ0n) is 11.8. The monoisotopic (exact) mass is 302 g/mol. The van der Waals surface area contributed by atoms with Crippen LogP contribution in [0.4, 0.5) is 10.1 Å². The third kappa shape index (κ3) is 3.25. The highest BCUT2D eigenvalue weighted by atomic mass is 32.1. The van der Waals surface area contributed by atoms with Crippen molar-refractivity contribution in [2.24, 2.45) is 5.73 Å². The largest absolute Gasteiger partial charge is 0.389 e. The highest BCUT2D eigenvalue weighted by molar-refractivity contribution is 7.80. The van der Waals surface area contributed by atoms with Crippen molar-refractivity contribution in [1.82, 2.24) is 0 Å². The van der Waals surface area contributed by atoms with Gasteiger partial charge in [-0.2, -0.15) is 0 Å². The average Bonchev–Trinajstić information content (AvgIpc) is 2.48. The maximum atomic E-state index is 13.3. The maximum absolute atomic E-state index is 13.3. The summed E-state index contributed by atoms with van der Waals surface area (Å²) < 4.78 is 13.3. The van der Waals surface area contributed by atoms with Crippen molar-refractivity contribution in [3.63, 3.8) is 0 Å². The van der Waals surface area contributed by atoms with E-state index in [1.54, 1.807) is 38.2 Å². The van der Waals surface area contributed by atoms with Gasteiger partial charge in [-0.15, -0.1) is 0 Å². The topological polar surface area (TPSA) is 46.3 Å². The van der Waals surface area contributed by atoms with Gasteiger partial charge < -0.3 is 10.6 Å². The van der Waals surface area contributed by atoms with E-state index in [0.717, 1.165) is 5.56 Å². The second kappa shape index (κ2) is 6.01. The fraction of sp³-hybridized carbons (Fsp3) is 0.125. The molecule has 0 aliphatic heterocycles. The van der Waals surface area contributed by atoms with Crippen molar-refractivity contribution in [3.8, 4) is 0 Å². The summed E-state index contributed by atoms with van der Waals surface area (Å²) >= 11 is 4.89. The Morgan fingerprint density at radius 3 is 2.24 bits per heavy atom. The first-order valence-electron chi connectivity index (χ1n) is 6.34. The number of amides is 1. The van der Waals surface area contributed by atoms with Crippen LogP contribution in [0, 0.1) is 12.7 Å². The number of hydrogen-bond acceptors (Lipinski definition) is 2. The Morgan fingerprint density at radius 2 is 1.71 bits per heavy atom. The molecule has 0 unspecified atom stereocenters. The zero-order chi connectivity index (χ0) is 15.6. The summed E-state index contributed by atoms with van der Waals surface area (Å²) in [4.78, 5) is 14.2. The van der Waals surface area contributed by atoms with Crippen LogP contribution in [0.25, 0.3) is 0 Å². The molecule has 0 radical (unpaired) electrons. The second-order valence-electron chi connectivity index (χ2n) is 4.74. The van der Waals surface area contributed by atoms with Gasteiger partial charge in [0, 0.05) is 23.9 Å². The first-order valence-corrected chi connectivity index (χ1v) is 6.75. The van der Waals surface area contributed by atoms with Crippen LogP contribution in [0.3, 0.4) is 0 Å². The fourth-order valence-electron chi connectivity index (χ4n) is 1.94. The molecule has 1 amide bonds. The molecule has 0 saturated heterocycles. The van der Waals surface area contributed by atoms with E-state index in [0.29, 0.717) is 21.8 Å². The molecule has 108 valence electrons. The van der Waals surface area contributed by atoms with Gasteiger partial charge in [-0.25, -0.2) is 4.39 Å². The Balaban J connectivity index is 2.25. The van der Waals surface area contributed by atoms with Crippen LogP contribution in [0.5, 0.6) is 0 Å². The zero-order valence-corrected chi connectivity index (χ0v) is 12.6. The summed E-state index contributed by atoms with van der Waals surface area (Å²) in [5, 5.41) is 0. The molecule has 0 saturated carbocycles. The summed E-state index contributed by atoms with van der Waals surface area (Å²) in [5.74, 6) is -0.531. The molecular formula is C16H15FN2OS. The Hall–Kier alpha value is -2.27. The number of nitrogens with zero attached hydrogens (tertiary/aromatic N) is 1. The molecular weight excluding hydrogens is 287 g/mol. The lowest BCUT2D eigenvalue weighted by atomic mass is 10.1. The maximum Gasteiger partial charge on any atom is 0.258 e. The van der Waals surface area contributed by atoms with E-state index >= 15 is 0 Å². The summed E-state index contributed by atoms with van der Waals surface area (Å²) in [6.07, 6.45) is 0. The van der Waals surface area contributed by atoms with Gasteiger partial charge in [-0.1, -0.05) is 12.2 Å². The van der Waals surface area contributed by atoms with Crippen LogP contribution in [0.15, 0.2) is 42.5 Å². The van der Waals surface area contributed by atoms with Crippen molar-refractivity contribution >= 4 is 28.8 Å². The van der Waals surface area contributed by atoms with Gasteiger partial charge >= 0.3 is 0 Å². The normalized spacial score (nSPS) is 10.2. The number of benzene rings is 2. The molecule has 0 aromatic heterocycles. The van der Waals surface area contributed by atoms with Crippen LogP contribution in [-0.2, 0) is 0 Å². The van der Waals surface area contributed by atoms with Gasteiger partial charge in [-0.05, 0) is 55.0 Å². The highest BCUT2D eigenvalue weighted by Crippen LogP contribution is 2.18. The number of carbonyl (C=O) groups excluding carboxylic acids is 1. The van der Waals surface area contributed by atoms with Gasteiger partial charge in [0.15, 0.2) is 0 Å². The van der Waals surface area contributed by atoms with Crippen molar-refractivity contribution in [3.05, 3.63) is 65.0 Å². The summed E-state index contributed by atoms with van der Waals surface area (Å²) in [6.45, 7) is 1.63. The third-order valence-electron chi connectivity index (χ3n) is 3.25. The first kappa shape index (κ1) is 15.1. The van der Waals surface area contributed by atoms with Crippen molar-refractivity contribution in [2.75, 3.05) is 11.9 Å². The SMILES string of the molecule is Cc1cc(C(=O)N(C)c2ccc(C(N)=S)cc2)ccc1F. The molecule has 0 fully saturated rings. The molecule has 2 rings (SSSR count). The molecule has 0 spiro atoms. The summed E-state index contributed by atoms with van der Waals surface area (Å²) in [5.41, 5.74) is 7.87. The molecule has 5 heteroatoms. The lowest BCUT2D eigenvalue weighted by Crippen LogP contribution is -2.26. The van der Waals surface area contributed by atoms with E-state index < -0.39 is 0 Å². The van der Waals surface area contributed by atoms with Crippen LogP contribution < -0.4 is 10.6 Å². The van der Waals surface area contributed by atoms with Crippen LogP contribution in [0.1, 0.15) is 21.5 Å². The number of aryl methyl sites for hydroxylation is 1. The predicted octanol–water partition coefficient (Wildman–Crippen LogP) is 3.04. The van der Waals surface area contributed by atoms with Gasteiger partial charge in [0.2, 0.25) is 0 Å². The molecule has 21 heavy (non-hydrogen) atoms. The average molecular weight is 302 g/mol. The Morgan fingerprint density at radius 1 is 1.14 bits per heavy atom. The Labute approximate surface area is 128 Å². The smallest absolute Gasteiger partial charge is 0.258 e. The van der Waals surface area contributed by atoms with Crippen molar-refractivity contribution in [1.29, 1.82) is 0 Å². The molecule has 0 heterocycles. The van der Waals surface area contributed by atoms with E-state index in [4.69, 9.17) is 18.0 Å². The molecule has 0 aliphatic carbocycles. The lowest BCUT2D eigenvalue weighted by molar-refractivity contribution is 0.0993.